The molecule has 1 atom stereocenters. The molecule has 0 saturated heterocycles. The summed E-state index contributed by atoms with van der Waals surface area (Å²) >= 11 is 6.13. The fourth-order valence-electron chi connectivity index (χ4n) is 1.85. The third-order valence-electron chi connectivity index (χ3n) is 3.06. The average molecular weight is 265 g/mol. The molecule has 0 aliphatic rings. The van der Waals surface area contributed by atoms with Gasteiger partial charge in [0.05, 0.1) is 11.6 Å². The molecule has 0 saturated carbocycles. The lowest BCUT2D eigenvalue weighted by Crippen LogP contribution is -2.25. The molecule has 98 valence electrons. The standard InChI is InChI=1S/C15H21ClN2/c1-3-4-5-6-12(2)18-11-14-8-7-13(10-17)9-15(14)16/h7-9,12,18H,3-6,11H2,1-2H3. The number of benzene rings is 1. The fourth-order valence-corrected chi connectivity index (χ4v) is 2.09. The minimum absolute atomic E-state index is 0.503. The van der Waals surface area contributed by atoms with Crippen molar-refractivity contribution in [2.75, 3.05) is 0 Å². The van der Waals surface area contributed by atoms with Crippen LogP contribution in [0, 0.1) is 11.3 Å². The lowest BCUT2D eigenvalue weighted by molar-refractivity contribution is 0.487. The molecule has 0 heterocycles. The number of hydrogen-bond acceptors (Lipinski definition) is 2. The molecule has 0 spiro atoms. The molecule has 0 aliphatic carbocycles. The molecule has 0 aromatic heterocycles. The van der Waals surface area contributed by atoms with Gasteiger partial charge in [-0.3, -0.25) is 0 Å². The summed E-state index contributed by atoms with van der Waals surface area (Å²) in [6.45, 7) is 5.18. The van der Waals surface area contributed by atoms with E-state index in [1.54, 1.807) is 6.07 Å². The van der Waals surface area contributed by atoms with Crippen molar-refractivity contribution in [2.24, 2.45) is 0 Å². The van der Waals surface area contributed by atoms with Gasteiger partial charge in [0.15, 0.2) is 0 Å². The zero-order chi connectivity index (χ0) is 13.4. The van der Waals surface area contributed by atoms with Crippen molar-refractivity contribution in [2.45, 2.75) is 52.1 Å². The zero-order valence-electron chi connectivity index (χ0n) is 11.2. The molecule has 3 heteroatoms. The van der Waals surface area contributed by atoms with E-state index in [0.717, 1.165) is 12.1 Å². The van der Waals surface area contributed by atoms with E-state index in [1.165, 1.54) is 25.7 Å². The van der Waals surface area contributed by atoms with Crippen LogP contribution in [0.1, 0.15) is 50.7 Å². The molecule has 1 aromatic carbocycles. The van der Waals surface area contributed by atoms with Gasteiger partial charge in [-0.2, -0.15) is 5.26 Å². The van der Waals surface area contributed by atoms with Gasteiger partial charge in [-0.15, -0.1) is 0 Å². The molecule has 18 heavy (non-hydrogen) atoms. The molecule has 2 nitrogen and oxygen atoms in total. The van der Waals surface area contributed by atoms with Crippen LogP contribution in [0.2, 0.25) is 5.02 Å². The van der Waals surface area contributed by atoms with E-state index in [2.05, 4.69) is 25.2 Å². The van der Waals surface area contributed by atoms with Crippen molar-refractivity contribution in [1.29, 1.82) is 5.26 Å². The SMILES string of the molecule is CCCCCC(C)NCc1ccc(C#N)cc1Cl. The first-order chi connectivity index (χ1) is 8.67. The summed E-state index contributed by atoms with van der Waals surface area (Å²) in [6.07, 6.45) is 5.02. The summed E-state index contributed by atoms with van der Waals surface area (Å²) < 4.78 is 0. The summed E-state index contributed by atoms with van der Waals surface area (Å²) in [5.74, 6) is 0. The lowest BCUT2D eigenvalue weighted by Gasteiger charge is -2.14. The van der Waals surface area contributed by atoms with Crippen LogP contribution in [0.4, 0.5) is 0 Å². The zero-order valence-corrected chi connectivity index (χ0v) is 11.9. The summed E-state index contributed by atoms with van der Waals surface area (Å²) in [7, 11) is 0. The first-order valence-corrected chi connectivity index (χ1v) is 6.97. The highest BCUT2D eigenvalue weighted by Crippen LogP contribution is 2.17. The van der Waals surface area contributed by atoms with Gasteiger partial charge < -0.3 is 5.32 Å². The van der Waals surface area contributed by atoms with Crippen LogP contribution in [0.5, 0.6) is 0 Å². The van der Waals surface area contributed by atoms with Gasteiger partial charge in [-0.1, -0.05) is 43.9 Å². The fraction of sp³-hybridized carbons (Fsp3) is 0.533. The Morgan fingerprint density at radius 2 is 2.17 bits per heavy atom. The first-order valence-electron chi connectivity index (χ1n) is 6.59. The van der Waals surface area contributed by atoms with Gasteiger partial charge in [-0.05, 0) is 31.0 Å². The molecule has 1 aromatic rings. The van der Waals surface area contributed by atoms with Gasteiger partial charge in [0.2, 0.25) is 0 Å². The van der Waals surface area contributed by atoms with Gasteiger partial charge in [0.1, 0.15) is 0 Å². The van der Waals surface area contributed by atoms with Crippen LogP contribution in [0.3, 0.4) is 0 Å². The minimum atomic E-state index is 0.503. The Hall–Kier alpha value is -1.04. The molecule has 0 fully saturated rings. The van der Waals surface area contributed by atoms with Crippen LogP contribution in [0.25, 0.3) is 0 Å². The minimum Gasteiger partial charge on any atom is -0.310 e. The van der Waals surface area contributed by atoms with Crippen molar-refractivity contribution in [3.8, 4) is 6.07 Å². The number of nitrogens with one attached hydrogen (secondary N) is 1. The third kappa shape index (κ3) is 5.08. The Kier molecular flexibility index (Phi) is 6.78. The van der Waals surface area contributed by atoms with Gasteiger partial charge in [0, 0.05) is 17.6 Å². The molecular formula is C15H21ClN2. The van der Waals surface area contributed by atoms with Crippen molar-refractivity contribution < 1.29 is 0 Å². The summed E-state index contributed by atoms with van der Waals surface area (Å²) in [6, 6.07) is 8.05. The van der Waals surface area contributed by atoms with E-state index < -0.39 is 0 Å². The molecule has 0 amide bonds. The highest BCUT2D eigenvalue weighted by atomic mass is 35.5. The van der Waals surface area contributed by atoms with Crippen molar-refractivity contribution >= 4 is 11.6 Å². The number of rotatable bonds is 7. The summed E-state index contributed by atoms with van der Waals surface area (Å²) in [4.78, 5) is 0. The topological polar surface area (TPSA) is 35.8 Å². The van der Waals surface area contributed by atoms with Crippen molar-refractivity contribution in [1.82, 2.24) is 5.32 Å². The molecular weight excluding hydrogens is 244 g/mol. The van der Waals surface area contributed by atoms with Gasteiger partial charge >= 0.3 is 0 Å². The second kappa shape index (κ2) is 8.13. The normalized spacial score (nSPS) is 12.1. The Balaban J connectivity index is 2.41. The Labute approximate surface area is 115 Å². The number of nitriles is 1. The predicted molar refractivity (Wildman–Crippen MR) is 76.6 cm³/mol. The number of hydrogen-bond donors (Lipinski definition) is 1. The maximum atomic E-state index is 8.77. The number of nitrogens with zero attached hydrogens (tertiary/aromatic N) is 1. The molecule has 1 unspecified atom stereocenters. The summed E-state index contributed by atoms with van der Waals surface area (Å²) in [5.41, 5.74) is 1.66. The Morgan fingerprint density at radius 3 is 2.78 bits per heavy atom. The highest BCUT2D eigenvalue weighted by Gasteiger charge is 2.05. The van der Waals surface area contributed by atoms with E-state index >= 15 is 0 Å². The quantitative estimate of drug-likeness (QED) is 0.747. The number of halogens is 1. The maximum Gasteiger partial charge on any atom is 0.0992 e. The Morgan fingerprint density at radius 1 is 1.39 bits per heavy atom. The predicted octanol–water partition coefficient (Wildman–Crippen LogP) is 4.27. The Bertz CT molecular complexity index is 409. The maximum absolute atomic E-state index is 8.77. The van der Waals surface area contributed by atoms with E-state index in [1.807, 2.05) is 12.1 Å². The van der Waals surface area contributed by atoms with E-state index in [0.29, 0.717) is 16.6 Å². The van der Waals surface area contributed by atoms with E-state index in [-0.39, 0.29) is 0 Å². The number of unbranched alkanes of at least 4 members (excludes halogenated alkanes) is 2. The lowest BCUT2D eigenvalue weighted by atomic mass is 10.1. The van der Waals surface area contributed by atoms with Gasteiger partial charge in [0.25, 0.3) is 0 Å². The highest BCUT2D eigenvalue weighted by molar-refractivity contribution is 6.31. The van der Waals surface area contributed by atoms with Crippen LogP contribution in [0.15, 0.2) is 18.2 Å². The van der Waals surface area contributed by atoms with Crippen LogP contribution in [-0.2, 0) is 6.54 Å². The van der Waals surface area contributed by atoms with Crippen LogP contribution < -0.4 is 5.32 Å². The third-order valence-corrected chi connectivity index (χ3v) is 3.42. The average Bonchev–Trinajstić information content (AvgIpc) is 2.37. The molecule has 1 rings (SSSR count). The molecule has 0 radical (unpaired) electrons. The second-order valence-corrected chi connectivity index (χ2v) is 5.10. The van der Waals surface area contributed by atoms with Crippen molar-refractivity contribution in [3.05, 3.63) is 34.3 Å². The van der Waals surface area contributed by atoms with Gasteiger partial charge in [-0.25, -0.2) is 0 Å². The monoisotopic (exact) mass is 264 g/mol. The smallest absolute Gasteiger partial charge is 0.0992 e. The molecule has 1 N–H and O–H groups in total. The van der Waals surface area contributed by atoms with E-state index in [9.17, 15) is 0 Å². The molecule has 0 aliphatic heterocycles. The van der Waals surface area contributed by atoms with Crippen LogP contribution >= 0.6 is 11.6 Å². The van der Waals surface area contributed by atoms with Crippen molar-refractivity contribution in [3.63, 3.8) is 0 Å². The largest absolute Gasteiger partial charge is 0.310 e. The molecule has 0 bridgehead atoms. The second-order valence-electron chi connectivity index (χ2n) is 4.70. The van der Waals surface area contributed by atoms with E-state index in [4.69, 9.17) is 16.9 Å². The van der Waals surface area contributed by atoms with Crippen LogP contribution in [-0.4, -0.2) is 6.04 Å². The first kappa shape index (κ1) is 15.0. The summed E-state index contributed by atoms with van der Waals surface area (Å²) in [5, 5.41) is 12.9.